The molecule has 21 heavy (non-hydrogen) atoms. The smallest absolute Gasteiger partial charge is 0.356 e. The standard InChI is InChI=1S/C16H14ClNO3/c1-21-16(20)15-9-11(6-7-18-15)8-13(19)10-12-4-2-3-5-14(12)17/h2-7,9H,8,10H2,1H3. The first-order valence-electron chi connectivity index (χ1n) is 6.38. The monoisotopic (exact) mass is 303 g/mol. The fraction of sp³-hybridized carbons (Fsp3) is 0.188. The SMILES string of the molecule is COC(=O)c1cc(CC(=O)Cc2ccccc2Cl)ccn1. The zero-order valence-corrected chi connectivity index (χ0v) is 12.3. The van der Waals surface area contributed by atoms with Crippen molar-refractivity contribution >= 4 is 23.4 Å². The number of esters is 1. The number of carbonyl (C=O) groups excluding carboxylic acids is 2. The number of rotatable bonds is 5. The Morgan fingerprint density at radius 2 is 1.95 bits per heavy atom. The lowest BCUT2D eigenvalue weighted by Crippen LogP contribution is -2.09. The molecule has 0 aliphatic rings. The summed E-state index contributed by atoms with van der Waals surface area (Å²) in [7, 11) is 1.29. The van der Waals surface area contributed by atoms with Crippen molar-refractivity contribution in [1.82, 2.24) is 4.98 Å². The Bertz CT molecular complexity index is 670. The molecule has 0 atom stereocenters. The van der Waals surface area contributed by atoms with Gasteiger partial charge in [-0.1, -0.05) is 29.8 Å². The Morgan fingerprint density at radius 1 is 1.19 bits per heavy atom. The molecule has 0 saturated heterocycles. The van der Waals surface area contributed by atoms with E-state index in [9.17, 15) is 9.59 Å². The third-order valence-electron chi connectivity index (χ3n) is 2.97. The topological polar surface area (TPSA) is 56.3 Å². The molecule has 0 aliphatic heterocycles. The van der Waals surface area contributed by atoms with Gasteiger partial charge in [-0.15, -0.1) is 0 Å². The van der Waals surface area contributed by atoms with Crippen LogP contribution in [0.2, 0.25) is 5.02 Å². The van der Waals surface area contributed by atoms with Crippen LogP contribution in [-0.2, 0) is 22.4 Å². The molecule has 1 aromatic heterocycles. The molecule has 0 unspecified atom stereocenters. The van der Waals surface area contributed by atoms with Gasteiger partial charge in [0, 0.05) is 24.1 Å². The third kappa shape index (κ3) is 4.13. The number of carbonyl (C=O) groups is 2. The van der Waals surface area contributed by atoms with Crippen molar-refractivity contribution in [2.45, 2.75) is 12.8 Å². The lowest BCUT2D eigenvalue weighted by molar-refractivity contribution is -0.117. The number of methoxy groups -OCH3 is 1. The van der Waals surface area contributed by atoms with Crippen LogP contribution in [0.15, 0.2) is 42.6 Å². The summed E-state index contributed by atoms with van der Waals surface area (Å²) in [5.41, 5.74) is 1.72. The third-order valence-corrected chi connectivity index (χ3v) is 3.33. The fourth-order valence-electron chi connectivity index (χ4n) is 1.94. The van der Waals surface area contributed by atoms with Gasteiger partial charge in [-0.2, -0.15) is 0 Å². The first kappa shape index (κ1) is 15.2. The van der Waals surface area contributed by atoms with E-state index in [0.29, 0.717) is 5.02 Å². The number of hydrogen-bond acceptors (Lipinski definition) is 4. The van der Waals surface area contributed by atoms with Crippen LogP contribution in [-0.4, -0.2) is 23.8 Å². The average molecular weight is 304 g/mol. The normalized spacial score (nSPS) is 10.2. The van der Waals surface area contributed by atoms with E-state index < -0.39 is 5.97 Å². The lowest BCUT2D eigenvalue weighted by Gasteiger charge is -2.05. The molecule has 1 heterocycles. The lowest BCUT2D eigenvalue weighted by atomic mass is 10.0. The van der Waals surface area contributed by atoms with Gasteiger partial charge in [0.05, 0.1) is 7.11 Å². The van der Waals surface area contributed by atoms with Gasteiger partial charge in [0.15, 0.2) is 0 Å². The molecular formula is C16H14ClNO3. The van der Waals surface area contributed by atoms with E-state index >= 15 is 0 Å². The van der Waals surface area contributed by atoms with Crippen LogP contribution >= 0.6 is 11.6 Å². The molecule has 0 N–H and O–H groups in total. The minimum Gasteiger partial charge on any atom is -0.464 e. The van der Waals surface area contributed by atoms with Gasteiger partial charge >= 0.3 is 5.97 Å². The molecule has 2 aromatic rings. The zero-order valence-electron chi connectivity index (χ0n) is 11.5. The summed E-state index contributed by atoms with van der Waals surface area (Å²) >= 11 is 6.03. The molecule has 0 amide bonds. The van der Waals surface area contributed by atoms with E-state index in [0.717, 1.165) is 11.1 Å². The summed E-state index contributed by atoms with van der Waals surface area (Å²) < 4.78 is 4.60. The number of benzene rings is 1. The first-order valence-corrected chi connectivity index (χ1v) is 6.76. The molecule has 4 nitrogen and oxygen atoms in total. The summed E-state index contributed by atoms with van der Waals surface area (Å²) in [6.45, 7) is 0. The molecule has 0 saturated carbocycles. The maximum atomic E-state index is 12.1. The van der Waals surface area contributed by atoms with Crippen molar-refractivity contribution in [1.29, 1.82) is 0 Å². The number of halogens is 1. The quantitative estimate of drug-likeness (QED) is 0.797. The van der Waals surface area contributed by atoms with Gasteiger partial charge < -0.3 is 4.74 Å². The maximum Gasteiger partial charge on any atom is 0.356 e. The Kier molecular flexibility index (Phi) is 5.06. The highest BCUT2D eigenvalue weighted by atomic mass is 35.5. The van der Waals surface area contributed by atoms with Crippen LogP contribution in [0.1, 0.15) is 21.6 Å². The highest BCUT2D eigenvalue weighted by Crippen LogP contribution is 2.16. The second-order valence-corrected chi connectivity index (χ2v) is 4.93. The number of Topliss-reactive ketones (excluding diaryl/α,β-unsaturated/α-hetero) is 1. The molecule has 1 aromatic carbocycles. The van der Waals surface area contributed by atoms with E-state index in [2.05, 4.69) is 9.72 Å². The Hall–Kier alpha value is -2.20. The number of ketones is 1. The van der Waals surface area contributed by atoms with E-state index in [1.54, 1.807) is 18.2 Å². The van der Waals surface area contributed by atoms with E-state index in [-0.39, 0.29) is 24.3 Å². The average Bonchev–Trinajstić information content (AvgIpc) is 2.49. The number of pyridine rings is 1. The van der Waals surface area contributed by atoms with Crippen LogP contribution in [0.4, 0.5) is 0 Å². The zero-order chi connectivity index (χ0) is 15.2. The van der Waals surface area contributed by atoms with Gasteiger partial charge in [0.1, 0.15) is 11.5 Å². The summed E-state index contributed by atoms with van der Waals surface area (Å²) in [6, 6.07) is 10.5. The molecule has 0 bridgehead atoms. The van der Waals surface area contributed by atoms with Crippen LogP contribution in [0, 0.1) is 0 Å². The van der Waals surface area contributed by atoms with Crippen LogP contribution in [0.25, 0.3) is 0 Å². The Balaban J connectivity index is 2.06. The molecular weight excluding hydrogens is 290 g/mol. The summed E-state index contributed by atoms with van der Waals surface area (Å²) in [6.07, 6.45) is 1.97. The van der Waals surface area contributed by atoms with Crippen molar-refractivity contribution in [2.24, 2.45) is 0 Å². The van der Waals surface area contributed by atoms with E-state index in [1.807, 2.05) is 18.2 Å². The first-order chi connectivity index (χ1) is 10.1. The van der Waals surface area contributed by atoms with Gasteiger partial charge in [-0.25, -0.2) is 9.78 Å². The Labute approximate surface area is 127 Å². The molecule has 0 aliphatic carbocycles. The summed E-state index contributed by atoms with van der Waals surface area (Å²) in [5, 5.41) is 0.579. The van der Waals surface area contributed by atoms with E-state index in [1.165, 1.54) is 13.3 Å². The fourth-order valence-corrected chi connectivity index (χ4v) is 2.15. The summed E-state index contributed by atoms with van der Waals surface area (Å²) in [5.74, 6) is -0.500. The van der Waals surface area contributed by atoms with Gasteiger partial charge in [-0.3, -0.25) is 4.79 Å². The highest BCUT2D eigenvalue weighted by molar-refractivity contribution is 6.31. The predicted molar refractivity (Wildman–Crippen MR) is 79.4 cm³/mol. The van der Waals surface area contributed by atoms with Crippen molar-refractivity contribution in [3.63, 3.8) is 0 Å². The molecule has 0 spiro atoms. The van der Waals surface area contributed by atoms with Crippen LogP contribution in [0.3, 0.4) is 0 Å². The molecule has 108 valence electrons. The maximum absolute atomic E-state index is 12.1. The second kappa shape index (κ2) is 6.99. The van der Waals surface area contributed by atoms with Gasteiger partial charge in [0.2, 0.25) is 0 Å². The molecule has 5 heteroatoms. The van der Waals surface area contributed by atoms with Crippen molar-refractivity contribution in [3.8, 4) is 0 Å². The predicted octanol–water partition coefficient (Wildman–Crippen LogP) is 2.88. The largest absolute Gasteiger partial charge is 0.464 e. The second-order valence-electron chi connectivity index (χ2n) is 4.52. The number of nitrogens with zero attached hydrogens (tertiary/aromatic N) is 1. The van der Waals surface area contributed by atoms with Crippen molar-refractivity contribution < 1.29 is 14.3 Å². The number of ether oxygens (including phenoxy) is 1. The minimum absolute atomic E-state index is 0.0186. The number of aromatic nitrogens is 1. The number of hydrogen-bond donors (Lipinski definition) is 0. The van der Waals surface area contributed by atoms with E-state index in [4.69, 9.17) is 11.6 Å². The highest BCUT2D eigenvalue weighted by Gasteiger charge is 2.11. The molecule has 0 fully saturated rings. The minimum atomic E-state index is -0.518. The van der Waals surface area contributed by atoms with Crippen molar-refractivity contribution in [3.05, 3.63) is 64.4 Å². The van der Waals surface area contributed by atoms with Gasteiger partial charge in [-0.05, 0) is 29.3 Å². The summed E-state index contributed by atoms with van der Waals surface area (Å²) in [4.78, 5) is 27.4. The molecule has 2 rings (SSSR count). The Morgan fingerprint density at radius 3 is 2.67 bits per heavy atom. The van der Waals surface area contributed by atoms with Crippen LogP contribution in [0.5, 0.6) is 0 Å². The van der Waals surface area contributed by atoms with Crippen molar-refractivity contribution in [2.75, 3.05) is 7.11 Å². The molecule has 0 radical (unpaired) electrons. The van der Waals surface area contributed by atoms with Crippen LogP contribution < -0.4 is 0 Å². The van der Waals surface area contributed by atoms with Gasteiger partial charge in [0.25, 0.3) is 0 Å².